The summed E-state index contributed by atoms with van der Waals surface area (Å²) in [5.74, 6) is 2.38. The van der Waals surface area contributed by atoms with Crippen LogP contribution in [0.3, 0.4) is 0 Å². The Hall–Kier alpha value is -3.06. The molecule has 3 heterocycles. The number of aromatic nitrogens is 1. The number of rotatable bonds is 6. The maximum atomic E-state index is 5.64. The lowest BCUT2D eigenvalue weighted by Crippen LogP contribution is -2.38. The lowest BCUT2D eigenvalue weighted by molar-refractivity contribution is 0.174. The van der Waals surface area contributed by atoms with Gasteiger partial charge in [0, 0.05) is 25.5 Å². The zero-order valence-electron chi connectivity index (χ0n) is 14.6. The summed E-state index contributed by atoms with van der Waals surface area (Å²) in [6.07, 6.45) is 5.26. The van der Waals surface area contributed by atoms with Gasteiger partial charge in [0.1, 0.15) is 5.76 Å². The Morgan fingerprint density at radius 3 is 2.78 bits per heavy atom. The van der Waals surface area contributed by atoms with Crippen LogP contribution in [-0.2, 0) is 19.6 Å². The molecule has 138 valence electrons. The quantitative estimate of drug-likeness (QED) is 0.656. The van der Waals surface area contributed by atoms with Crippen LogP contribution in [0.5, 0.6) is 11.5 Å². The van der Waals surface area contributed by atoms with Gasteiger partial charge in [-0.15, -0.1) is 0 Å². The second-order valence-corrected chi connectivity index (χ2v) is 6.53. The highest BCUT2D eigenvalue weighted by Gasteiger charge is 2.16. The van der Waals surface area contributed by atoms with Gasteiger partial charge in [-0.3, -0.25) is 4.98 Å². The Bertz CT molecular complexity index is 900. The molecule has 0 amide bonds. The average Bonchev–Trinajstić information content (AvgIpc) is 3.38. The molecule has 1 N–H and O–H groups in total. The SMILES string of the molecule is S=C(NCc1ccco1)N(Cc1cccnc1)Cc1ccc2c(c1)OCO2. The Labute approximate surface area is 162 Å². The molecular weight excluding hydrogens is 362 g/mol. The fraction of sp³-hybridized carbons (Fsp3) is 0.200. The third-order valence-electron chi connectivity index (χ3n) is 4.19. The first-order valence-electron chi connectivity index (χ1n) is 8.60. The molecule has 4 rings (SSSR count). The summed E-state index contributed by atoms with van der Waals surface area (Å²) < 4.78 is 16.2. The average molecular weight is 381 g/mol. The van der Waals surface area contributed by atoms with Crippen LogP contribution in [0.4, 0.5) is 0 Å². The predicted molar refractivity (Wildman–Crippen MR) is 104 cm³/mol. The van der Waals surface area contributed by atoms with E-state index in [1.165, 1.54) is 0 Å². The largest absolute Gasteiger partial charge is 0.467 e. The number of nitrogens with zero attached hydrogens (tertiary/aromatic N) is 2. The van der Waals surface area contributed by atoms with Crippen molar-refractivity contribution in [2.45, 2.75) is 19.6 Å². The number of fused-ring (bicyclic) bond motifs is 1. The zero-order valence-corrected chi connectivity index (χ0v) is 15.4. The topological polar surface area (TPSA) is 59.8 Å². The van der Waals surface area contributed by atoms with E-state index in [1.807, 2.05) is 48.7 Å². The van der Waals surface area contributed by atoms with Crippen LogP contribution in [0.15, 0.2) is 65.5 Å². The van der Waals surface area contributed by atoms with Gasteiger partial charge in [0.05, 0.1) is 12.8 Å². The molecule has 6 nitrogen and oxygen atoms in total. The lowest BCUT2D eigenvalue weighted by Gasteiger charge is -2.26. The van der Waals surface area contributed by atoms with Crippen molar-refractivity contribution in [2.75, 3.05) is 6.79 Å². The molecular formula is C20H19N3O3S. The first-order chi connectivity index (χ1) is 13.3. The van der Waals surface area contributed by atoms with Crippen molar-refractivity contribution in [1.82, 2.24) is 15.2 Å². The third-order valence-corrected chi connectivity index (χ3v) is 4.59. The summed E-state index contributed by atoms with van der Waals surface area (Å²) in [6, 6.07) is 13.7. The van der Waals surface area contributed by atoms with Crippen LogP contribution in [0.2, 0.25) is 0 Å². The Balaban J connectivity index is 1.49. The van der Waals surface area contributed by atoms with E-state index in [0.717, 1.165) is 28.4 Å². The van der Waals surface area contributed by atoms with Gasteiger partial charge in [-0.25, -0.2) is 0 Å². The molecule has 1 aromatic carbocycles. The van der Waals surface area contributed by atoms with Crippen molar-refractivity contribution in [2.24, 2.45) is 0 Å². The number of furan rings is 1. The number of ether oxygens (including phenoxy) is 2. The molecule has 1 aliphatic heterocycles. The van der Waals surface area contributed by atoms with Crippen molar-refractivity contribution < 1.29 is 13.9 Å². The second-order valence-electron chi connectivity index (χ2n) is 6.14. The van der Waals surface area contributed by atoms with Crippen LogP contribution in [-0.4, -0.2) is 21.8 Å². The lowest BCUT2D eigenvalue weighted by atomic mass is 10.1. The number of pyridine rings is 1. The van der Waals surface area contributed by atoms with Crippen molar-refractivity contribution in [3.63, 3.8) is 0 Å². The normalized spacial score (nSPS) is 12.0. The number of nitrogens with one attached hydrogen (secondary N) is 1. The summed E-state index contributed by atoms with van der Waals surface area (Å²) in [4.78, 5) is 6.29. The van der Waals surface area contributed by atoms with Crippen molar-refractivity contribution in [1.29, 1.82) is 0 Å². The number of hydrogen-bond donors (Lipinski definition) is 1. The molecule has 0 atom stereocenters. The molecule has 0 radical (unpaired) electrons. The minimum absolute atomic E-state index is 0.265. The summed E-state index contributed by atoms with van der Waals surface area (Å²) in [7, 11) is 0. The van der Waals surface area contributed by atoms with Gasteiger partial charge in [-0.1, -0.05) is 12.1 Å². The molecule has 0 fully saturated rings. The fourth-order valence-corrected chi connectivity index (χ4v) is 3.06. The van der Waals surface area contributed by atoms with E-state index in [2.05, 4.69) is 15.2 Å². The monoisotopic (exact) mass is 381 g/mol. The molecule has 1 aliphatic rings. The van der Waals surface area contributed by atoms with E-state index in [4.69, 9.17) is 26.1 Å². The summed E-state index contributed by atoms with van der Waals surface area (Å²) >= 11 is 5.64. The smallest absolute Gasteiger partial charge is 0.231 e. The van der Waals surface area contributed by atoms with Gasteiger partial charge in [-0.05, 0) is 53.7 Å². The molecule has 0 aliphatic carbocycles. The number of benzene rings is 1. The highest BCUT2D eigenvalue weighted by molar-refractivity contribution is 7.80. The van der Waals surface area contributed by atoms with Gasteiger partial charge in [0.25, 0.3) is 0 Å². The minimum Gasteiger partial charge on any atom is -0.467 e. The van der Waals surface area contributed by atoms with Crippen LogP contribution in [0.1, 0.15) is 16.9 Å². The maximum absolute atomic E-state index is 5.64. The first-order valence-corrected chi connectivity index (χ1v) is 9.01. The molecule has 3 aromatic rings. The summed E-state index contributed by atoms with van der Waals surface area (Å²) in [6.45, 7) is 2.08. The second kappa shape index (κ2) is 8.09. The van der Waals surface area contributed by atoms with Gasteiger partial charge in [0.15, 0.2) is 16.6 Å². The van der Waals surface area contributed by atoms with E-state index < -0.39 is 0 Å². The van der Waals surface area contributed by atoms with Crippen molar-refractivity contribution in [3.8, 4) is 11.5 Å². The first kappa shape index (κ1) is 17.4. The Morgan fingerprint density at radius 1 is 1.07 bits per heavy atom. The standard InChI is InChI=1S/C20H19N3O3S/c27-20(22-11-17-4-2-8-24-17)23(13-16-3-1-7-21-10-16)12-15-5-6-18-19(9-15)26-14-25-18/h1-10H,11-14H2,(H,22,27). The predicted octanol–water partition coefficient (Wildman–Crippen LogP) is 3.48. The molecule has 0 saturated heterocycles. The van der Waals surface area contributed by atoms with E-state index in [1.54, 1.807) is 12.5 Å². The van der Waals surface area contributed by atoms with E-state index >= 15 is 0 Å². The van der Waals surface area contributed by atoms with Crippen LogP contribution in [0, 0.1) is 0 Å². The van der Waals surface area contributed by atoms with Crippen LogP contribution in [0.25, 0.3) is 0 Å². The Kier molecular flexibility index (Phi) is 5.20. The van der Waals surface area contributed by atoms with Crippen LogP contribution < -0.4 is 14.8 Å². The molecule has 0 saturated carbocycles. The molecule has 27 heavy (non-hydrogen) atoms. The van der Waals surface area contributed by atoms with E-state index in [0.29, 0.717) is 24.7 Å². The Morgan fingerprint density at radius 2 is 1.96 bits per heavy atom. The van der Waals surface area contributed by atoms with Gasteiger partial charge in [-0.2, -0.15) is 0 Å². The maximum Gasteiger partial charge on any atom is 0.231 e. The summed E-state index contributed by atoms with van der Waals surface area (Å²) in [5, 5.41) is 3.91. The van der Waals surface area contributed by atoms with Gasteiger partial charge >= 0.3 is 0 Å². The molecule has 0 spiro atoms. The molecule has 7 heteroatoms. The third kappa shape index (κ3) is 4.38. The summed E-state index contributed by atoms with van der Waals surface area (Å²) in [5.41, 5.74) is 2.17. The molecule has 0 unspecified atom stereocenters. The van der Waals surface area contributed by atoms with Gasteiger partial charge in [0.2, 0.25) is 6.79 Å². The van der Waals surface area contributed by atoms with Crippen molar-refractivity contribution >= 4 is 17.3 Å². The zero-order chi connectivity index (χ0) is 18.5. The fourth-order valence-electron chi connectivity index (χ4n) is 2.86. The van der Waals surface area contributed by atoms with E-state index in [-0.39, 0.29) is 6.79 Å². The highest BCUT2D eigenvalue weighted by atomic mass is 32.1. The molecule has 0 bridgehead atoms. The van der Waals surface area contributed by atoms with Crippen molar-refractivity contribution in [3.05, 3.63) is 78.0 Å². The molecule has 2 aromatic heterocycles. The highest BCUT2D eigenvalue weighted by Crippen LogP contribution is 2.32. The van der Waals surface area contributed by atoms with Gasteiger partial charge < -0.3 is 24.1 Å². The minimum atomic E-state index is 0.265. The van der Waals surface area contributed by atoms with E-state index in [9.17, 15) is 0 Å². The number of thiocarbonyl (C=S) groups is 1. The van der Waals surface area contributed by atoms with Crippen LogP contribution >= 0.6 is 12.2 Å². The number of hydrogen-bond acceptors (Lipinski definition) is 5.